The molecule has 2 atom stereocenters. The highest BCUT2D eigenvalue weighted by Gasteiger charge is 2.32. The third-order valence-electron chi connectivity index (χ3n) is 3.37. The van der Waals surface area contributed by atoms with Gasteiger partial charge in [0.1, 0.15) is 5.60 Å². The molecule has 2 unspecified atom stereocenters. The van der Waals surface area contributed by atoms with Crippen molar-refractivity contribution >= 4 is 6.09 Å². The zero-order valence-electron chi connectivity index (χ0n) is 14.3. The lowest BCUT2D eigenvalue weighted by molar-refractivity contribution is -0.0391. The Morgan fingerprint density at radius 2 is 1.81 bits per heavy atom. The molecule has 0 aromatic rings. The lowest BCUT2D eigenvalue weighted by atomic mass is 9.92. The van der Waals surface area contributed by atoms with Crippen molar-refractivity contribution in [2.75, 3.05) is 19.7 Å². The first-order chi connectivity index (χ1) is 9.48. The number of aliphatic hydroxyl groups excluding tert-OH is 1. The standard InChI is InChI=1S/C16H31NO4/c1-15(2,3)20-10-8-12-11-17(9-7-13(12)18)14(19)21-16(4,5)6/h12-13,18H,7-11H2,1-6H3. The Labute approximate surface area is 128 Å². The van der Waals surface area contributed by atoms with Gasteiger partial charge in [0.15, 0.2) is 0 Å². The van der Waals surface area contributed by atoms with Gasteiger partial charge in [-0.25, -0.2) is 4.79 Å². The highest BCUT2D eigenvalue weighted by Crippen LogP contribution is 2.23. The van der Waals surface area contributed by atoms with Crippen LogP contribution in [0.5, 0.6) is 0 Å². The van der Waals surface area contributed by atoms with Crippen molar-refractivity contribution in [3.05, 3.63) is 0 Å². The SMILES string of the molecule is CC(C)(C)OCCC1CN(C(=O)OC(C)(C)C)CCC1O. The number of piperidine rings is 1. The van der Waals surface area contributed by atoms with Crippen molar-refractivity contribution < 1.29 is 19.4 Å². The van der Waals surface area contributed by atoms with E-state index < -0.39 is 5.60 Å². The Morgan fingerprint density at radius 1 is 1.19 bits per heavy atom. The summed E-state index contributed by atoms with van der Waals surface area (Å²) in [5, 5.41) is 10.1. The number of rotatable bonds is 3. The predicted molar refractivity (Wildman–Crippen MR) is 82.2 cm³/mol. The molecule has 1 fully saturated rings. The maximum Gasteiger partial charge on any atom is 0.410 e. The molecule has 5 heteroatoms. The van der Waals surface area contributed by atoms with Crippen LogP contribution < -0.4 is 0 Å². The van der Waals surface area contributed by atoms with Crippen LogP contribution in [-0.4, -0.2) is 53.1 Å². The van der Waals surface area contributed by atoms with Gasteiger partial charge >= 0.3 is 6.09 Å². The van der Waals surface area contributed by atoms with Crippen molar-refractivity contribution in [3.8, 4) is 0 Å². The number of hydrogen-bond acceptors (Lipinski definition) is 4. The maximum atomic E-state index is 12.1. The molecular formula is C16H31NO4. The number of carbonyl (C=O) groups is 1. The van der Waals surface area contributed by atoms with Crippen molar-refractivity contribution in [3.63, 3.8) is 0 Å². The second kappa shape index (κ2) is 6.97. The average Bonchev–Trinajstić information content (AvgIpc) is 2.27. The van der Waals surface area contributed by atoms with E-state index >= 15 is 0 Å². The zero-order chi connectivity index (χ0) is 16.3. The number of aliphatic hydroxyl groups is 1. The first-order valence-electron chi connectivity index (χ1n) is 7.78. The third kappa shape index (κ3) is 7.14. The first-order valence-corrected chi connectivity index (χ1v) is 7.78. The fourth-order valence-corrected chi connectivity index (χ4v) is 2.31. The largest absolute Gasteiger partial charge is 0.444 e. The monoisotopic (exact) mass is 301 g/mol. The van der Waals surface area contributed by atoms with E-state index in [4.69, 9.17) is 9.47 Å². The molecule has 0 aromatic carbocycles. The summed E-state index contributed by atoms with van der Waals surface area (Å²) in [5.74, 6) is 0.0496. The lowest BCUT2D eigenvalue weighted by Crippen LogP contribution is -2.48. The Kier molecular flexibility index (Phi) is 6.05. The average molecular weight is 301 g/mol. The number of carbonyl (C=O) groups excluding carboxylic acids is 1. The molecule has 21 heavy (non-hydrogen) atoms. The van der Waals surface area contributed by atoms with E-state index in [2.05, 4.69) is 0 Å². The van der Waals surface area contributed by atoms with Crippen molar-refractivity contribution in [2.24, 2.45) is 5.92 Å². The highest BCUT2D eigenvalue weighted by atomic mass is 16.6. The van der Waals surface area contributed by atoms with Gasteiger partial charge in [-0.15, -0.1) is 0 Å². The van der Waals surface area contributed by atoms with Crippen LogP contribution in [-0.2, 0) is 9.47 Å². The van der Waals surface area contributed by atoms with Gasteiger partial charge < -0.3 is 19.5 Å². The summed E-state index contributed by atoms with van der Waals surface area (Å²) in [6.07, 6.45) is 0.681. The van der Waals surface area contributed by atoms with Gasteiger partial charge in [-0.1, -0.05) is 0 Å². The van der Waals surface area contributed by atoms with Crippen molar-refractivity contribution in [1.82, 2.24) is 4.90 Å². The number of likely N-dealkylation sites (tertiary alicyclic amines) is 1. The quantitative estimate of drug-likeness (QED) is 0.871. The summed E-state index contributed by atoms with van der Waals surface area (Å²) in [6, 6.07) is 0. The van der Waals surface area contributed by atoms with E-state index in [0.717, 1.165) is 6.42 Å². The predicted octanol–water partition coefficient (Wildman–Crippen LogP) is 2.81. The summed E-state index contributed by atoms with van der Waals surface area (Å²) in [4.78, 5) is 13.8. The lowest BCUT2D eigenvalue weighted by Gasteiger charge is -2.37. The number of amides is 1. The van der Waals surface area contributed by atoms with E-state index in [0.29, 0.717) is 26.1 Å². The smallest absolute Gasteiger partial charge is 0.410 e. The van der Waals surface area contributed by atoms with Crippen LogP contribution in [0, 0.1) is 5.92 Å². The van der Waals surface area contributed by atoms with Gasteiger partial charge in [0, 0.05) is 25.6 Å². The van der Waals surface area contributed by atoms with Gasteiger partial charge in [-0.05, 0) is 54.4 Å². The summed E-state index contributed by atoms with van der Waals surface area (Å²) in [7, 11) is 0. The molecule has 0 radical (unpaired) electrons. The van der Waals surface area contributed by atoms with Gasteiger partial charge in [-0.3, -0.25) is 0 Å². The van der Waals surface area contributed by atoms with Crippen LogP contribution in [0.15, 0.2) is 0 Å². The van der Waals surface area contributed by atoms with Crippen LogP contribution >= 0.6 is 0 Å². The van der Waals surface area contributed by atoms with E-state index in [1.54, 1.807) is 4.90 Å². The second-order valence-corrected chi connectivity index (χ2v) is 7.79. The molecule has 1 aliphatic rings. The van der Waals surface area contributed by atoms with Crippen LogP contribution in [0.4, 0.5) is 4.79 Å². The number of nitrogens with zero attached hydrogens (tertiary/aromatic N) is 1. The molecule has 0 bridgehead atoms. The molecule has 1 aliphatic heterocycles. The topological polar surface area (TPSA) is 59.0 Å². The Balaban J connectivity index is 2.48. The fraction of sp³-hybridized carbons (Fsp3) is 0.938. The fourth-order valence-electron chi connectivity index (χ4n) is 2.31. The van der Waals surface area contributed by atoms with Crippen LogP contribution in [0.2, 0.25) is 0 Å². The summed E-state index contributed by atoms with van der Waals surface area (Å²) in [6.45, 7) is 13.3. The van der Waals surface area contributed by atoms with E-state index in [1.165, 1.54) is 0 Å². The molecule has 0 spiro atoms. The Morgan fingerprint density at radius 3 is 2.33 bits per heavy atom. The van der Waals surface area contributed by atoms with Crippen LogP contribution in [0.1, 0.15) is 54.4 Å². The van der Waals surface area contributed by atoms with Gasteiger partial charge in [0.05, 0.1) is 11.7 Å². The number of ether oxygens (including phenoxy) is 2. The first kappa shape index (κ1) is 18.2. The molecule has 5 nitrogen and oxygen atoms in total. The summed E-state index contributed by atoms with van der Waals surface area (Å²) < 4.78 is 11.1. The molecule has 1 saturated heterocycles. The number of hydrogen-bond donors (Lipinski definition) is 1. The molecule has 1 N–H and O–H groups in total. The third-order valence-corrected chi connectivity index (χ3v) is 3.37. The van der Waals surface area contributed by atoms with E-state index in [9.17, 15) is 9.90 Å². The molecule has 124 valence electrons. The van der Waals surface area contributed by atoms with E-state index in [1.807, 2.05) is 41.5 Å². The van der Waals surface area contributed by atoms with Crippen molar-refractivity contribution in [1.29, 1.82) is 0 Å². The minimum atomic E-state index is -0.488. The summed E-state index contributed by atoms with van der Waals surface area (Å²) in [5.41, 5.74) is -0.664. The molecule has 1 rings (SSSR count). The van der Waals surface area contributed by atoms with Crippen LogP contribution in [0.25, 0.3) is 0 Å². The minimum Gasteiger partial charge on any atom is -0.444 e. The highest BCUT2D eigenvalue weighted by molar-refractivity contribution is 5.68. The van der Waals surface area contributed by atoms with E-state index in [-0.39, 0.29) is 23.7 Å². The van der Waals surface area contributed by atoms with Gasteiger partial charge in [-0.2, -0.15) is 0 Å². The summed E-state index contributed by atoms with van der Waals surface area (Å²) >= 11 is 0. The minimum absolute atomic E-state index is 0.0496. The molecule has 1 amide bonds. The van der Waals surface area contributed by atoms with Crippen LogP contribution in [0.3, 0.4) is 0 Å². The molecule has 0 saturated carbocycles. The maximum absolute atomic E-state index is 12.1. The normalized spacial score (nSPS) is 24.0. The van der Waals surface area contributed by atoms with Crippen molar-refractivity contribution in [2.45, 2.75) is 71.7 Å². The Hall–Kier alpha value is -0.810. The van der Waals surface area contributed by atoms with Gasteiger partial charge in [0.2, 0.25) is 0 Å². The zero-order valence-corrected chi connectivity index (χ0v) is 14.3. The molecule has 1 heterocycles. The Bertz CT molecular complexity index is 343. The molecule has 0 aromatic heterocycles. The molecule has 0 aliphatic carbocycles. The second-order valence-electron chi connectivity index (χ2n) is 7.79. The molecular weight excluding hydrogens is 270 g/mol. The van der Waals surface area contributed by atoms with Gasteiger partial charge in [0.25, 0.3) is 0 Å².